The van der Waals surface area contributed by atoms with Gasteiger partial charge in [-0.2, -0.15) is 0 Å². The number of benzene rings is 1. The number of carboxylic acids is 1. The molecule has 0 spiro atoms. The van der Waals surface area contributed by atoms with Crippen LogP contribution in [0.15, 0.2) is 18.2 Å². The number of anilines is 1. The van der Waals surface area contributed by atoms with Crippen molar-refractivity contribution in [2.45, 2.75) is 26.7 Å². The van der Waals surface area contributed by atoms with Gasteiger partial charge in [0, 0.05) is 18.1 Å². The highest BCUT2D eigenvalue weighted by atomic mass is 35.5. The average Bonchev–Trinajstić information content (AvgIpc) is 2.31. The third kappa shape index (κ3) is 3.63. The molecule has 17 heavy (non-hydrogen) atoms. The summed E-state index contributed by atoms with van der Waals surface area (Å²) in [6, 6.07) is 5.02. The van der Waals surface area contributed by atoms with E-state index in [-0.39, 0.29) is 5.56 Å². The summed E-state index contributed by atoms with van der Waals surface area (Å²) in [4.78, 5) is 13.3. The van der Waals surface area contributed by atoms with Gasteiger partial charge in [-0.15, -0.1) is 0 Å². The third-order valence-corrected chi connectivity index (χ3v) is 2.93. The average molecular weight is 256 g/mol. The fourth-order valence-corrected chi connectivity index (χ4v) is 1.93. The Labute approximate surface area is 107 Å². The first kappa shape index (κ1) is 13.8. The van der Waals surface area contributed by atoms with Crippen LogP contribution in [-0.4, -0.2) is 24.2 Å². The molecule has 1 rings (SSSR count). The molecule has 0 heterocycles. The number of aromatic carboxylic acids is 1. The van der Waals surface area contributed by atoms with E-state index in [4.69, 9.17) is 11.6 Å². The molecule has 0 saturated carbocycles. The van der Waals surface area contributed by atoms with Gasteiger partial charge in [0.25, 0.3) is 0 Å². The molecule has 0 radical (unpaired) electrons. The monoisotopic (exact) mass is 255 g/mol. The van der Waals surface area contributed by atoms with Gasteiger partial charge in [-0.3, -0.25) is 0 Å². The molecule has 0 bridgehead atoms. The largest absolute Gasteiger partial charge is 0.478 e. The van der Waals surface area contributed by atoms with Crippen LogP contribution in [0.25, 0.3) is 0 Å². The lowest BCUT2D eigenvalue weighted by Crippen LogP contribution is -2.25. The van der Waals surface area contributed by atoms with Gasteiger partial charge in [-0.1, -0.05) is 24.9 Å². The summed E-state index contributed by atoms with van der Waals surface area (Å²) in [6.45, 7) is 5.81. The number of hydrogen-bond acceptors (Lipinski definition) is 2. The molecular weight excluding hydrogens is 238 g/mol. The van der Waals surface area contributed by atoms with Crippen LogP contribution in [0.2, 0.25) is 5.02 Å². The van der Waals surface area contributed by atoms with E-state index in [2.05, 4.69) is 11.8 Å². The Morgan fingerprint density at radius 1 is 1.41 bits per heavy atom. The predicted octanol–water partition coefficient (Wildman–Crippen LogP) is 3.66. The van der Waals surface area contributed by atoms with Crippen molar-refractivity contribution in [2.24, 2.45) is 0 Å². The molecule has 0 fully saturated rings. The topological polar surface area (TPSA) is 40.5 Å². The van der Waals surface area contributed by atoms with Crippen LogP contribution >= 0.6 is 11.6 Å². The highest BCUT2D eigenvalue weighted by molar-refractivity contribution is 6.31. The second kappa shape index (κ2) is 6.50. The van der Waals surface area contributed by atoms with Crippen LogP contribution in [-0.2, 0) is 0 Å². The second-order valence-corrected chi connectivity index (χ2v) is 4.34. The number of hydrogen-bond donors (Lipinski definition) is 1. The first-order valence-corrected chi connectivity index (χ1v) is 6.25. The number of unbranched alkanes of at least 4 members (excludes halogenated alkanes) is 1. The first-order chi connectivity index (χ1) is 8.10. The van der Waals surface area contributed by atoms with E-state index in [1.54, 1.807) is 12.1 Å². The van der Waals surface area contributed by atoms with Crippen molar-refractivity contribution in [1.29, 1.82) is 0 Å². The standard InChI is InChI=1S/C13H18ClNO2/c1-3-5-8-15(4-2)12-7-6-10(14)9-11(12)13(16)17/h6-7,9H,3-5,8H2,1-2H3,(H,16,17). The van der Waals surface area contributed by atoms with Crippen LogP contribution in [0.1, 0.15) is 37.0 Å². The molecule has 0 saturated heterocycles. The van der Waals surface area contributed by atoms with Crippen LogP contribution in [0.3, 0.4) is 0 Å². The SMILES string of the molecule is CCCCN(CC)c1ccc(Cl)cc1C(=O)O. The molecule has 1 aromatic carbocycles. The van der Waals surface area contributed by atoms with Crippen LogP contribution < -0.4 is 4.90 Å². The summed E-state index contributed by atoms with van der Waals surface area (Å²) in [5.41, 5.74) is 1.02. The Balaban J connectivity index is 3.05. The predicted molar refractivity (Wildman–Crippen MR) is 71.2 cm³/mol. The molecule has 0 atom stereocenters. The Morgan fingerprint density at radius 2 is 2.12 bits per heavy atom. The minimum atomic E-state index is -0.933. The lowest BCUT2D eigenvalue weighted by atomic mass is 10.1. The molecule has 4 heteroatoms. The molecular formula is C13H18ClNO2. The zero-order valence-corrected chi connectivity index (χ0v) is 11.0. The van der Waals surface area contributed by atoms with Gasteiger partial charge in [0.1, 0.15) is 0 Å². The third-order valence-electron chi connectivity index (χ3n) is 2.69. The second-order valence-electron chi connectivity index (χ2n) is 3.90. The van der Waals surface area contributed by atoms with Gasteiger partial charge in [-0.05, 0) is 31.5 Å². The maximum absolute atomic E-state index is 11.2. The molecule has 94 valence electrons. The Kier molecular flexibility index (Phi) is 5.29. The van der Waals surface area contributed by atoms with E-state index in [0.717, 1.165) is 31.6 Å². The van der Waals surface area contributed by atoms with Crippen LogP contribution in [0.4, 0.5) is 5.69 Å². The Hall–Kier alpha value is -1.22. The molecule has 0 amide bonds. The molecule has 0 aliphatic carbocycles. The maximum Gasteiger partial charge on any atom is 0.337 e. The number of carbonyl (C=O) groups is 1. The summed E-state index contributed by atoms with van der Waals surface area (Å²) < 4.78 is 0. The number of carboxylic acid groups (broad SMARTS) is 1. The summed E-state index contributed by atoms with van der Waals surface area (Å²) in [5, 5.41) is 9.63. The smallest absolute Gasteiger partial charge is 0.337 e. The van der Waals surface area contributed by atoms with E-state index in [9.17, 15) is 9.90 Å². The quantitative estimate of drug-likeness (QED) is 0.843. The molecule has 1 aromatic rings. The lowest BCUT2D eigenvalue weighted by molar-refractivity contribution is 0.0697. The molecule has 0 unspecified atom stereocenters. The first-order valence-electron chi connectivity index (χ1n) is 5.88. The van der Waals surface area contributed by atoms with Crippen molar-refractivity contribution in [2.75, 3.05) is 18.0 Å². The molecule has 0 aromatic heterocycles. The molecule has 1 N–H and O–H groups in total. The summed E-state index contributed by atoms with van der Waals surface area (Å²) in [5.74, 6) is -0.933. The normalized spacial score (nSPS) is 10.3. The van der Waals surface area contributed by atoms with Crippen LogP contribution in [0.5, 0.6) is 0 Å². The van der Waals surface area contributed by atoms with Crippen molar-refractivity contribution in [3.63, 3.8) is 0 Å². The Bertz CT molecular complexity index is 393. The molecule has 0 aliphatic heterocycles. The van der Waals surface area contributed by atoms with Crippen molar-refractivity contribution < 1.29 is 9.90 Å². The van der Waals surface area contributed by atoms with Crippen molar-refractivity contribution in [1.82, 2.24) is 0 Å². The zero-order chi connectivity index (χ0) is 12.8. The van der Waals surface area contributed by atoms with Crippen LogP contribution in [0, 0.1) is 0 Å². The summed E-state index contributed by atoms with van der Waals surface area (Å²) in [6.07, 6.45) is 2.14. The van der Waals surface area contributed by atoms with E-state index >= 15 is 0 Å². The highest BCUT2D eigenvalue weighted by Crippen LogP contribution is 2.24. The Morgan fingerprint density at radius 3 is 2.65 bits per heavy atom. The summed E-state index contributed by atoms with van der Waals surface area (Å²) >= 11 is 5.83. The highest BCUT2D eigenvalue weighted by Gasteiger charge is 2.15. The minimum absolute atomic E-state index is 0.274. The fourth-order valence-electron chi connectivity index (χ4n) is 1.75. The van der Waals surface area contributed by atoms with Gasteiger partial charge >= 0.3 is 5.97 Å². The fraction of sp³-hybridized carbons (Fsp3) is 0.462. The van der Waals surface area contributed by atoms with Gasteiger partial charge in [-0.25, -0.2) is 4.79 Å². The van der Waals surface area contributed by atoms with Gasteiger partial charge in [0.05, 0.1) is 11.3 Å². The number of nitrogens with zero attached hydrogens (tertiary/aromatic N) is 1. The van der Waals surface area contributed by atoms with E-state index in [1.807, 2.05) is 6.92 Å². The zero-order valence-electron chi connectivity index (χ0n) is 10.2. The van der Waals surface area contributed by atoms with Gasteiger partial charge in [0.2, 0.25) is 0 Å². The van der Waals surface area contributed by atoms with Crippen molar-refractivity contribution >= 4 is 23.3 Å². The lowest BCUT2D eigenvalue weighted by Gasteiger charge is -2.24. The van der Waals surface area contributed by atoms with Gasteiger partial charge < -0.3 is 10.0 Å². The van der Waals surface area contributed by atoms with E-state index < -0.39 is 5.97 Å². The molecule has 3 nitrogen and oxygen atoms in total. The van der Waals surface area contributed by atoms with Gasteiger partial charge in [0.15, 0.2) is 0 Å². The summed E-state index contributed by atoms with van der Waals surface area (Å²) in [7, 11) is 0. The number of halogens is 1. The molecule has 0 aliphatic rings. The van der Waals surface area contributed by atoms with E-state index in [1.165, 1.54) is 6.07 Å². The van der Waals surface area contributed by atoms with E-state index in [0.29, 0.717) is 5.02 Å². The van der Waals surface area contributed by atoms with Crippen molar-refractivity contribution in [3.05, 3.63) is 28.8 Å². The maximum atomic E-state index is 11.2. The van der Waals surface area contributed by atoms with Crippen molar-refractivity contribution in [3.8, 4) is 0 Å². The number of rotatable bonds is 6. The minimum Gasteiger partial charge on any atom is -0.478 e.